The summed E-state index contributed by atoms with van der Waals surface area (Å²) in [6.07, 6.45) is 0. The lowest BCUT2D eigenvalue weighted by molar-refractivity contribution is 0.270. The number of likely N-dealkylation sites (N-methyl/N-ethyl adjacent to an activating group) is 1. The van der Waals surface area contributed by atoms with Gasteiger partial charge in [0.2, 0.25) is 0 Å². The van der Waals surface area contributed by atoms with Gasteiger partial charge in [0.1, 0.15) is 5.82 Å². The van der Waals surface area contributed by atoms with Gasteiger partial charge in [-0.3, -0.25) is 0 Å². The predicted octanol–water partition coefficient (Wildman–Crippen LogP) is 1.66. The van der Waals surface area contributed by atoms with E-state index in [2.05, 4.69) is 0 Å². The topological polar surface area (TPSA) is 49.5 Å². The molecule has 3 N–H and O–H groups in total. The van der Waals surface area contributed by atoms with Crippen molar-refractivity contribution < 1.29 is 9.50 Å². The molecule has 16 heavy (non-hydrogen) atoms. The van der Waals surface area contributed by atoms with E-state index in [9.17, 15) is 4.39 Å². The SMILES string of the molecule is CC(CO)N(C)c1cccc(F)c1[C@@H](C)N. The minimum absolute atomic E-state index is 0.0193. The molecule has 0 aromatic heterocycles. The molecule has 4 heteroatoms. The monoisotopic (exact) mass is 226 g/mol. The zero-order valence-electron chi connectivity index (χ0n) is 9.94. The Hall–Kier alpha value is -1.13. The molecule has 0 heterocycles. The zero-order chi connectivity index (χ0) is 12.3. The van der Waals surface area contributed by atoms with Gasteiger partial charge in [-0.1, -0.05) is 6.07 Å². The molecule has 0 radical (unpaired) electrons. The van der Waals surface area contributed by atoms with Gasteiger partial charge in [0.05, 0.1) is 6.61 Å². The molecule has 1 unspecified atom stereocenters. The van der Waals surface area contributed by atoms with Crippen LogP contribution in [0.2, 0.25) is 0 Å². The maximum absolute atomic E-state index is 13.7. The van der Waals surface area contributed by atoms with Crippen molar-refractivity contribution in [2.24, 2.45) is 5.73 Å². The fraction of sp³-hybridized carbons (Fsp3) is 0.500. The summed E-state index contributed by atoms with van der Waals surface area (Å²) >= 11 is 0. The van der Waals surface area contributed by atoms with Gasteiger partial charge >= 0.3 is 0 Å². The lowest BCUT2D eigenvalue weighted by Gasteiger charge is -2.28. The molecule has 0 amide bonds. The Bertz CT molecular complexity index is 355. The minimum atomic E-state index is -0.371. The Morgan fingerprint density at radius 3 is 2.56 bits per heavy atom. The summed E-state index contributed by atoms with van der Waals surface area (Å²) in [5, 5.41) is 9.10. The van der Waals surface area contributed by atoms with E-state index in [-0.39, 0.29) is 24.5 Å². The van der Waals surface area contributed by atoms with Crippen molar-refractivity contribution in [1.29, 1.82) is 0 Å². The first-order chi connectivity index (χ1) is 7.49. The average Bonchev–Trinajstić information content (AvgIpc) is 2.26. The van der Waals surface area contributed by atoms with E-state index < -0.39 is 0 Å². The van der Waals surface area contributed by atoms with Crippen LogP contribution < -0.4 is 10.6 Å². The van der Waals surface area contributed by atoms with Crippen molar-refractivity contribution in [3.8, 4) is 0 Å². The molecule has 0 fully saturated rings. The Morgan fingerprint density at radius 2 is 2.06 bits per heavy atom. The lowest BCUT2D eigenvalue weighted by atomic mass is 10.0. The molecule has 0 saturated carbocycles. The van der Waals surface area contributed by atoms with Gasteiger partial charge in [0.15, 0.2) is 0 Å². The van der Waals surface area contributed by atoms with Crippen LogP contribution in [0.1, 0.15) is 25.5 Å². The second kappa shape index (κ2) is 5.27. The number of hydrogen-bond donors (Lipinski definition) is 2. The van der Waals surface area contributed by atoms with Crippen molar-refractivity contribution in [3.05, 3.63) is 29.6 Å². The van der Waals surface area contributed by atoms with Gasteiger partial charge in [-0.25, -0.2) is 4.39 Å². The molecule has 0 aliphatic carbocycles. The third-order valence-corrected chi connectivity index (χ3v) is 2.79. The molecule has 1 aromatic carbocycles. The quantitative estimate of drug-likeness (QED) is 0.821. The average molecular weight is 226 g/mol. The third kappa shape index (κ3) is 2.51. The standard InChI is InChI=1S/C12H19FN2O/c1-8(7-16)15(3)11-6-4-5-10(13)12(11)9(2)14/h4-6,8-9,16H,7,14H2,1-3H3/t8?,9-/m1/s1. The molecule has 90 valence electrons. The number of nitrogens with zero attached hydrogens (tertiary/aromatic N) is 1. The highest BCUT2D eigenvalue weighted by molar-refractivity contribution is 5.55. The number of nitrogens with two attached hydrogens (primary N) is 1. The van der Waals surface area contributed by atoms with E-state index in [1.54, 1.807) is 13.0 Å². The molecular weight excluding hydrogens is 207 g/mol. The molecule has 0 saturated heterocycles. The first-order valence-electron chi connectivity index (χ1n) is 5.36. The van der Waals surface area contributed by atoms with Gasteiger partial charge in [0, 0.05) is 30.4 Å². The molecule has 3 nitrogen and oxygen atoms in total. The van der Waals surface area contributed by atoms with Crippen molar-refractivity contribution in [3.63, 3.8) is 0 Å². The predicted molar refractivity (Wildman–Crippen MR) is 64.0 cm³/mol. The van der Waals surface area contributed by atoms with Gasteiger partial charge in [-0.15, -0.1) is 0 Å². The first-order valence-corrected chi connectivity index (χ1v) is 5.36. The van der Waals surface area contributed by atoms with E-state index >= 15 is 0 Å². The molecular formula is C12H19FN2O. The van der Waals surface area contributed by atoms with Crippen molar-refractivity contribution in [1.82, 2.24) is 0 Å². The Morgan fingerprint density at radius 1 is 1.44 bits per heavy atom. The smallest absolute Gasteiger partial charge is 0.130 e. The summed E-state index contributed by atoms with van der Waals surface area (Å²) in [5.41, 5.74) is 6.99. The number of halogens is 1. The van der Waals surface area contributed by atoms with Crippen molar-refractivity contribution in [2.75, 3.05) is 18.6 Å². The lowest BCUT2D eigenvalue weighted by Crippen LogP contribution is -2.33. The van der Waals surface area contributed by atoms with Crippen molar-refractivity contribution in [2.45, 2.75) is 25.9 Å². The van der Waals surface area contributed by atoms with Crippen LogP contribution in [0.4, 0.5) is 10.1 Å². The summed E-state index contributed by atoms with van der Waals surface area (Å²) in [7, 11) is 1.82. The van der Waals surface area contributed by atoms with Crippen LogP contribution >= 0.6 is 0 Å². The van der Waals surface area contributed by atoms with Gasteiger partial charge in [0.25, 0.3) is 0 Å². The zero-order valence-corrected chi connectivity index (χ0v) is 9.94. The number of aliphatic hydroxyl groups is 1. The van der Waals surface area contributed by atoms with E-state index in [0.29, 0.717) is 5.56 Å². The van der Waals surface area contributed by atoms with Crippen LogP contribution in [-0.4, -0.2) is 24.8 Å². The highest BCUT2D eigenvalue weighted by Gasteiger charge is 2.17. The second-order valence-electron chi connectivity index (χ2n) is 4.10. The maximum Gasteiger partial charge on any atom is 0.130 e. The van der Waals surface area contributed by atoms with E-state index in [0.717, 1.165) is 5.69 Å². The number of hydrogen-bond acceptors (Lipinski definition) is 3. The second-order valence-corrected chi connectivity index (χ2v) is 4.10. The fourth-order valence-corrected chi connectivity index (χ4v) is 1.64. The van der Waals surface area contributed by atoms with Crippen molar-refractivity contribution >= 4 is 5.69 Å². The fourth-order valence-electron chi connectivity index (χ4n) is 1.64. The van der Waals surface area contributed by atoms with Crippen LogP contribution in [0.5, 0.6) is 0 Å². The van der Waals surface area contributed by atoms with E-state index in [1.807, 2.05) is 24.9 Å². The van der Waals surface area contributed by atoms with Gasteiger partial charge in [-0.2, -0.15) is 0 Å². The van der Waals surface area contributed by atoms with Crippen LogP contribution in [0.25, 0.3) is 0 Å². The van der Waals surface area contributed by atoms with Crippen LogP contribution in [0.3, 0.4) is 0 Å². The highest BCUT2D eigenvalue weighted by Crippen LogP contribution is 2.28. The highest BCUT2D eigenvalue weighted by atomic mass is 19.1. The molecule has 0 spiro atoms. The number of anilines is 1. The Kier molecular flexibility index (Phi) is 4.26. The number of rotatable bonds is 4. The normalized spacial score (nSPS) is 14.6. The first kappa shape index (κ1) is 12.9. The summed E-state index contributed by atoms with van der Waals surface area (Å²) < 4.78 is 13.7. The molecule has 1 rings (SSSR count). The summed E-state index contributed by atoms with van der Waals surface area (Å²) in [6.45, 7) is 3.64. The van der Waals surface area contributed by atoms with Crippen LogP contribution in [-0.2, 0) is 0 Å². The molecule has 2 atom stereocenters. The Labute approximate surface area is 95.7 Å². The summed E-state index contributed by atoms with van der Waals surface area (Å²) in [4.78, 5) is 1.84. The molecule has 0 aliphatic heterocycles. The maximum atomic E-state index is 13.7. The molecule has 0 bridgehead atoms. The summed E-state index contributed by atoms with van der Waals surface area (Å²) in [5.74, 6) is -0.301. The van der Waals surface area contributed by atoms with Crippen LogP contribution in [0, 0.1) is 5.82 Å². The largest absolute Gasteiger partial charge is 0.394 e. The third-order valence-electron chi connectivity index (χ3n) is 2.79. The van der Waals surface area contributed by atoms with Gasteiger partial charge < -0.3 is 15.7 Å². The number of aliphatic hydroxyl groups excluding tert-OH is 1. The molecule has 0 aliphatic rings. The summed E-state index contributed by atoms with van der Waals surface area (Å²) in [6, 6.07) is 4.42. The number of benzene rings is 1. The van der Waals surface area contributed by atoms with Crippen LogP contribution in [0.15, 0.2) is 18.2 Å². The minimum Gasteiger partial charge on any atom is -0.394 e. The molecule has 1 aromatic rings. The van der Waals surface area contributed by atoms with E-state index in [4.69, 9.17) is 10.8 Å². The van der Waals surface area contributed by atoms with Gasteiger partial charge in [-0.05, 0) is 26.0 Å². The Balaban J connectivity index is 3.17. The van der Waals surface area contributed by atoms with E-state index in [1.165, 1.54) is 6.07 Å².